The van der Waals surface area contributed by atoms with E-state index in [1.54, 1.807) is 12.7 Å². The summed E-state index contributed by atoms with van der Waals surface area (Å²) in [5, 5.41) is 13.0. The summed E-state index contributed by atoms with van der Waals surface area (Å²) in [5.74, 6) is 0. The molecule has 182 valence electrons. The van der Waals surface area contributed by atoms with Crippen molar-refractivity contribution in [3.05, 3.63) is 47.8 Å². The van der Waals surface area contributed by atoms with Gasteiger partial charge in [0, 0.05) is 27.9 Å². The average molecular weight is 463 g/mol. The molecular formula is C26H38N8. The van der Waals surface area contributed by atoms with Crippen LogP contribution in [0, 0.1) is 0 Å². The summed E-state index contributed by atoms with van der Waals surface area (Å²) >= 11 is 0. The van der Waals surface area contributed by atoms with Gasteiger partial charge in [-0.25, -0.2) is 9.50 Å². The lowest BCUT2D eigenvalue weighted by Gasteiger charge is -2.32. The molecule has 0 saturated carbocycles. The number of rotatable bonds is 5. The third-order valence-corrected chi connectivity index (χ3v) is 6.73. The molecule has 0 aliphatic heterocycles. The Kier molecular flexibility index (Phi) is 5.57. The summed E-state index contributed by atoms with van der Waals surface area (Å²) in [6.45, 7) is 22.1. The highest BCUT2D eigenvalue weighted by Crippen LogP contribution is 2.38. The minimum absolute atomic E-state index is 0.0703. The van der Waals surface area contributed by atoms with Gasteiger partial charge in [0.25, 0.3) is 0 Å². The first kappa shape index (κ1) is 24.2. The molecule has 0 unspecified atom stereocenters. The van der Waals surface area contributed by atoms with E-state index in [0.717, 1.165) is 46.9 Å². The summed E-state index contributed by atoms with van der Waals surface area (Å²) < 4.78 is 3.87. The van der Waals surface area contributed by atoms with Gasteiger partial charge in [-0.05, 0) is 12.8 Å². The highest BCUT2D eigenvalue weighted by molar-refractivity contribution is 5.49. The van der Waals surface area contributed by atoms with Crippen molar-refractivity contribution in [2.75, 3.05) is 0 Å². The lowest BCUT2D eigenvalue weighted by molar-refractivity contribution is 0.361. The molecule has 4 aromatic heterocycles. The van der Waals surface area contributed by atoms with E-state index < -0.39 is 0 Å². The highest BCUT2D eigenvalue weighted by Gasteiger charge is 2.34. The van der Waals surface area contributed by atoms with Crippen LogP contribution >= 0.6 is 0 Å². The van der Waals surface area contributed by atoms with E-state index >= 15 is 0 Å². The topological polar surface area (TPSA) is 86.2 Å². The van der Waals surface area contributed by atoms with Gasteiger partial charge in [-0.15, -0.1) is 10.2 Å². The van der Waals surface area contributed by atoms with Crippen LogP contribution in [0.2, 0.25) is 0 Å². The van der Waals surface area contributed by atoms with Crippen LogP contribution in [0.25, 0.3) is 11.3 Å². The van der Waals surface area contributed by atoms with Crippen LogP contribution < -0.4 is 0 Å². The molecule has 8 heteroatoms. The maximum absolute atomic E-state index is 5.11. The molecule has 0 atom stereocenters. The van der Waals surface area contributed by atoms with Gasteiger partial charge in [-0.3, -0.25) is 14.4 Å². The molecule has 0 amide bonds. The quantitative estimate of drug-likeness (QED) is 0.405. The van der Waals surface area contributed by atoms with Crippen LogP contribution in [-0.2, 0) is 21.7 Å². The van der Waals surface area contributed by atoms with Gasteiger partial charge in [0.05, 0.1) is 29.0 Å². The molecule has 0 radical (unpaired) electrons. The number of nitrogens with zero attached hydrogens (tertiary/aromatic N) is 8. The van der Waals surface area contributed by atoms with E-state index in [0.29, 0.717) is 0 Å². The standard InChI is InChI=1S/C26H38N8/c1-23(2,3)17-13-33-16-28-32-22(33)20(30-17)26(9,10)12-11-25(7,8)19-21-27-15-29-34(21)14-18(31-19)24(4,5)6/h13-16H,11-12H2,1-10H3. The highest BCUT2D eigenvalue weighted by atomic mass is 15.3. The molecule has 0 N–H and O–H groups in total. The van der Waals surface area contributed by atoms with Gasteiger partial charge in [-0.1, -0.05) is 69.2 Å². The predicted molar refractivity (Wildman–Crippen MR) is 134 cm³/mol. The van der Waals surface area contributed by atoms with E-state index in [4.69, 9.17) is 9.97 Å². The van der Waals surface area contributed by atoms with Crippen molar-refractivity contribution in [2.45, 2.75) is 104 Å². The second-order valence-electron chi connectivity index (χ2n) is 12.8. The largest absolute Gasteiger partial charge is 0.286 e. The first-order valence-electron chi connectivity index (χ1n) is 12.0. The first-order chi connectivity index (χ1) is 15.6. The third-order valence-electron chi connectivity index (χ3n) is 6.73. The van der Waals surface area contributed by atoms with Crippen LogP contribution in [0.3, 0.4) is 0 Å². The van der Waals surface area contributed by atoms with Crippen LogP contribution in [0.1, 0.15) is 105 Å². The zero-order valence-corrected chi connectivity index (χ0v) is 22.3. The lowest BCUT2D eigenvalue weighted by atomic mass is 9.75. The molecule has 0 aliphatic rings. The molecule has 0 saturated heterocycles. The number of fused-ring (bicyclic) bond motifs is 2. The van der Waals surface area contributed by atoms with Crippen LogP contribution in [0.15, 0.2) is 25.0 Å². The molecule has 0 fully saturated rings. The molecule has 4 rings (SSSR count). The van der Waals surface area contributed by atoms with Gasteiger partial charge in [0.2, 0.25) is 0 Å². The molecule has 4 aromatic rings. The van der Waals surface area contributed by atoms with Gasteiger partial charge < -0.3 is 0 Å². The lowest BCUT2D eigenvalue weighted by Crippen LogP contribution is -2.29. The second kappa shape index (κ2) is 7.82. The SMILES string of the molecule is CC(C)(C)c1cn2cnnc2c(C(C)(C)CCC(C)(C)c2nc(C(C)(C)C)cn3ncnc23)n1. The molecule has 0 spiro atoms. The Morgan fingerprint density at radius 1 is 0.706 bits per heavy atom. The van der Waals surface area contributed by atoms with Crippen LogP contribution in [0.5, 0.6) is 0 Å². The summed E-state index contributed by atoms with van der Waals surface area (Å²) in [6, 6.07) is 0. The molecule has 4 heterocycles. The van der Waals surface area contributed by atoms with Crippen LogP contribution in [-0.4, -0.2) is 39.2 Å². The summed E-state index contributed by atoms with van der Waals surface area (Å²) in [4.78, 5) is 14.8. The maximum atomic E-state index is 5.11. The molecular weight excluding hydrogens is 424 g/mol. The van der Waals surface area contributed by atoms with Gasteiger partial charge in [-0.2, -0.15) is 5.10 Å². The summed E-state index contributed by atoms with van der Waals surface area (Å²) in [5.41, 5.74) is 5.09. The van der Waals surface area contributed by atoms with Crippen molar-refractivity contribution >= 4 is 11.3 Å². The zero-order valence-electron chi connectivity index (χ0n) is 22.3. The Labute approximate surface area is 202 Å². The third kappa shape index (κ3) is 4.42. The molecule has 0 aromatic carbocycles. The first-order valence-corrected chi connectivity index (χ1v) is 12.0. The Bertz CT molecular complexity index is 1220. The zero-order chi connectivity index (χ0) is 25.1. The van der Waals surface area contributed by atoms with Crippen LogP contribution in [0.4, 0.5) is 0 Å². The van der Waals surface area contributed by atoms with Gasteiger partial charge >= 0.3 is 0 Å². The molecule has 8 nitrogen and oxygen atoms in total. The smallest absolute Gasteiger partial charge is 0.182 e. The predicted octanol–water partition coefficient (Wildman–Crippen LogP) is 5.19. The maximum Gasteiger partial charge on any atom is 0.182 e. The van der Waals surface area contributed by atoms with Gasteiger partial charge in [0.15, 0.2) is 11.3 Å². The molecule has 34 heavy (non-hydrogen) atoms. The van der Waals surface area contributed by atoms with Crippen molar-refractivity contribution in [3.8, 4) is 0 Å². The van der Waals surface area contributed by atoms with Crippen molar-refractivity contribution in [3.63, 3.8) is 0 Å². The van der Waals surface area contributed by atoms with Crippen molar-refractivity contribution < 1.29 is 0 Å². The number of hydrogen-bond acceptors (Lipinski definition) is 6. The van der Waals surface area contributed by atoms with Crippen molar-refractivity contribution in [1.82, 2.24) is 39.2 Å². The van der Waals surface area contributed by atoms with Gasteiger partial charge in [0.1, 0.15) is 12.7 Å². The van der Waals surface area contributed by atoms with Crippen molar-refractivity contribution in [1.29, 1.82) is 0 Å². The Morgan fingerprint density at radius 2 is 1.24 bits per heavy atom. The van der Waals surface area contributed by atoms with E-state index in [-0.39, 0.29) is 21.7 Å². The average Bonchev–Trinajstić information content (AvgIpc) is 3.38. The number of hydrogen-bond donors (Lipinski definition) is 0. The monoisotopic (exact) mass is 462 g/mol. The minimum atomic E-state index is -0.210. The van der Waals surface area contributed by atoms with E-state index in [1.165, 1.54) is 0 Å². The van der Waals surface area contributed by atoms with E-state index in [9.17, 15) is 0 Å². The molecule has 0 aliphatic carbocycles. The minimum Gasteiger partial charge on any atom is -0.286 e. The molecule has 0 bridgehead atoms. The fraction of sp³-hybridized carbons (Fsp3) is 0.615. The van der Waals surface area contributed by atoms with Crippen molar-refractivity contribution in [2.24, 2.45) is 0 Å². The fourth-order valence-corrected chi connectivity index (χ4v) is 4.16. The summed E-state index contributed by atoms with van der Waals surface area (Å²) in [7, 11) is 0. The Balaban J connectivity index is 1.71. The second-order valence-corrected chi connectivity index (χ2v) is 12.8. The normalized spacial score (nSPS) is 13.8. The van der Waals surface area contributed by atoms with E-state index in [2.05, 4.69) is 89.5 Å². The number of aromatic nitrogens is 8. The summed E-state index contributed by atoms with van der Waals surface area (Å²) in [6.07, 6.45) is 9.23. The Morgan fingerprint density at radius 3 is 1.79 bits per heavy atom. The Hall–Kier alpha value is -2.90. The fourth-order valence-electron chi connectivity index (χ4n) is 4.16. The van der Waals surface area contributed by atoms with E-state index in [1.807, 2.05) is 21.3 Å².